The molecular weight excluding hydrogens is 281 g/mol. The number of ether oxygens (including phenoxy) is 1. The molecule has 0 aromatic heterocycles. The van der Waals surface area contributed by atoms with E-state index in [1.807, 2.05) is 26.8 Å². The number of rotatable bonds is 4. The van der Waals surface area contributed by atoms with Crippen molar-refractivity contribution in [1.29, 1.82) is 0 Å². The van der Waals surface area contributed by atoms with Gasteiger partial charge in [0.2, 0.25) is 0 Å². The highest BCUT2D eigenvalue weighted by Gasteiger charge is 2.17. The Labute approximate surface area is 130 Å². The molecule has 0 saturated carbocycles. The first-order valence-corrected chi connectivity index (χ1v) is 7.15. The molecule has 3 nitrogen and oxygen atoms in total. The molecule has 0 heterocycles. The maximum absolute atomic E-state index is 12.9. The van der Waals surface area contributed by atoms with Crippen molar-refractivity contribution in [1.82, 2.24) is 0 Å². The van der Waals surface area contributed by atoms with Gasteiger partial charge >= 0.3 is 5.97 Å². The van der Waals surface area contributed by atoms with Crippen molar-refractivity contribution in [3.63, 3.8) is 0 Å². The second-order valence-corrected chi connectivity index (χ2v) is 6.06. The summed E-state index contributed by atoms with van der Waals surface area (Å²) in [7, 11) is 0. The van der Waals surface area contributed by atoms with Crippen molar-refractivity contribution in [3.8, 4) is 0 Å². The predicted molar refractivity (Wildman–Crippen MR) is 85.3 cm³/mol. The van der Waals surface area contributed by atoms with Gasteiger partial charge in [0.05, 0.1) is 5.56 Å². The van der Waals surface area contributed by atoms with Crippen LogP contribution in [0.15, 0.2) is 48.5 Å². The Morgan fingerprint density at radius 3 is 2.45 bits per heavy atom. The van der Waals surface area contributed by atoms with Gasteiger partial charge in [0.15, 0.2) is 0 Å². The van der Waals surface area contributed by atoms with E-state index in [1.54, 1.807) is 30.3 Å². The fraction of sp³-hybridized carbons (Fsp3) is 0.278. The van der Waals surface area contributed by atoms with E-state index in [4.69, 9.17) is 4.74 Å². The molecule has 0 radical (unpaired) electrons. The minimum atomic E-state index is -0.519. The highest BCUT2D eigenvalue weighted by atomic mass is 19.1. The summed E-state index contributed by atoms with van der Waals surface area (Å²) in [4.78, 5) is 12.0. The molecule has 0 aliphatic carbocycles. The van der Waals surface area contributed by atoms with Crippen molar-refractivity contribution < 1.29 is 13.9 Å². The number of halogens is 1. The number of hydrogen-bond donors (Lipinski definition) is 1. The molecule has 0 spiro atoms. The molecule has 0 bridgehead atoms. The van der Waals surface area contributed by atoms with Crippen LogP contribution in [0.5, 0.6) is 0 Å². The second-order valence-electron chi connectivity index (χ2n) is 6.06. The monoisotopic (exact) mass is 301 g/mol. The Morgan fingerprint density at radius 1 is 1.14 bits per heavy atom. The molecule has 0 aliphatic heterocycles. The Hall–Kier alpha value is -2.36. The minimum Gasteiger partial charge on any atom is -0.456 e. The quantitative estimate of drug-likeness (QED) is 0.851. The summed E-state index contributed by atoms with van der Waals surface area (Å²) in [6.45, 7) is 6.06. The van der Waals surface area contributed by atoms with Gasteiger partial charge in [-0.1, -0.05) is 18.2 Å². The van der Waals surface area contributed by atoms with Gasteiger partial charge in [-0.25, -0.2) is 9.18 Å². The first-order valence-electron chi connectivity index (χ1n) is 7.15. The van der Waals surface area contributed by atoms with Gasteiger partial charge in [-0.3, -0.25) is 0 Å². The predicted octanol–water partition coefficient (Wildman–Crippen LogP) is 4.39. The van der Waals surface area contributed by atoms with Crippen LogP contribution in [-0.2, 0) is 11.3 Å². The van der Waals surface area contributed by atoms with Crippen LogP contribution in [0.3, 0.4) is 0 Å². The van der Waals surface area contributed by atoms with Gasteiger partial charge in [-0.15, -0.1) is 0 Å². The van der Waals surface area contributed by atoms with E-state index in [9.17, 15) is 9.18 Å². The topological polar surface area (TPSA) is 38.3 Å². The highest BCUT2D eigenvalue weighted by Crippen LogP contribution is 2.16. The molecular formula is C18H20FNO2. The lowest BCUT2D eigenvalue weighted by Gasteiger charge is -2.19. The number of carbonyl (C=O) groups is 1. The molecule has 22 heavy (non-hydrogen) atoms. The van der Waals surface area contributed by atoms with Crippen LogP contribution in [0.2, 0.25) is 0 Å². The molecule has 0 unspecified atom stereocenters. The van der Waals surface area contributed by atoms with Crippen LogP contribution >= 0.6 is 0 Å². The Kier molecular flexibility index (Phi) is 4.81. The second kappa shape index (κ2) is 6.60. The van der Waals surface area contributed by atoms with Crippen molar-refractivity contribution >= 4 is 11.7 Å². The fourth-order valence-electron chi connectivity index (χ4n) is 1.90. The third kappa shape index (κ3) is 4.88. The van der Waals surface area contributed by atoms with Crippen molar-refractivity contribution in [2.45, 2.75) is 32.9 Å². The Balaban J connectivity index is 2.02. The van der Waals surface area contributed by atoms with Crippen LogP contribution in [0, 0.1) is 5.82 Å². The number of esters is 1. The molecule has 116 valence electrons. The van der Waals surface area contributed by atoms with E-state index < -0.39 is 5.60 Å². The zero-order valence-corrected chi connectivity index (χ0v) is 13.0. The number of hydrogen-bond acceptors (Lipinski definition) is 3. The largest absolute Gasteiger partial charge is 0.456 e. The molecule has 0 aliphatic rings. The van der Waals surface area contributed by atoms with Gasteiger partial charge in [0.25, 0.3) is 0 Å². The van der Waals surface area contributed by atoms with E-state index in [1.165, 1.54) is 12.1 Å². The lowest BCUT2D eigenvalue weighted by atomic mass is 10.1. The minimum absolute atomic E-state index is 0.254. The SMILES string of the molecule is CC(C)(C)OC(=O)c1cccc(NCc2ccc(F)cc2)c1. The van der Waals surface area contributed by atoms with Crippen LogP contribution in [0.4, 0.5) is 10.1 Å². The van der Waals surface area contributed by atoms with Crippen LogP contribution in [-0.4, -0.2) is 11.6 Å². The van der Waals surface area contributed by atoms with Crippen molar-refractivity contribution in [2.75, 3.05) is 5.32 Å². The van der Waals surface area contributed by atoms with E-state index in [0.29, 0.717) is 12.1 Å². The normalized spacial score (nSPS) is 11.1. The summed E-state index contributed by atoms with van der Waals surface area (Å²) in [5.41, 5.74) is 1.75. The van der Waals surface area contributed by atoms with Gasteiger partial charge in [-0.2, -0.15) is 0 Å². The van der Waals surface area contributed by atoms with E-state index in [-0.39, 0.29) is 11.8 Å². The summed E-state index contributed by atoms with van der Waals surface area (Å²) in [5, 5.41) is 3.21. The molecule has 2 aromatic carbocycles. The molecule has 4 heteroatoms. The Morgan fingerprint density at radius 2 is 1.82 bits per heavy atom. The smallest absolute Gasteiger partial charge is 0.338 e. The summed E-state index contributed by atoms with van der Waals surface area (Å²) in [6.07, 6.45) is 0. The average Bonchev–Trinajstić information content (AvgIpc) is 2.45. The molecule has 2 rings (SSSR count). The lowest BCUT2D eigenvalue weighted by Crippen LogP contribution is -2.23. The molecule has 0 atom stereocenters. The summed E-state index contributed by atoms with van der Waals surface area (Å²) < 4.78 is 18.2. The number of anilines is 1. The zero-order chi connectivity index (χ0) is 16.2. The van der Waals surface area contributed by atoms with Gasteiger partial charge < -0.3 is 10.1 Å². The maximum atomic E-state index is 12.9. The number of carbonyl (C=O) groups excluding carboxylic acids is 1. The molecule has 1 N–H and O–H groups in total. The maximum Gasteiger partial charge on any atom is 0.338 e. The first kappa shape index (κ1) is 16.0. The van der Waals surface area contributed by atoms with Crippen LogP contribution in [0.25, 0.3) is 0 Å². The van der Waals surface area contributed by atoms with Crippen LogP contribution in [0.1, 0.15) is 36.7 Å². The van der Waals surface area contributed by atoms with Gasteiger partial charge in [0, 0.05) is 12.2 Å². The zero-order valence-electron chi connectivity index (χ0n) is 13.0. The molecule has 0 saturated heterocycles. The molecule has 2 aromatic rings. The van der Waals surface area contributed by atoms with Crippen LogP contribution < -0.4 is 5.32 Å². The van der Waals surface area contributed by atoms with Crippen molar-refractivity contribution in [2.24, 2.45) is 0 Å². The van der Waals surface area contributed by atoms with Gasteiger partial charge in [0.1, 0.15) is 11.4 Å². The average molecular weight is 301 g/mol. The third-order valence-electron chi connectivity index (χ3n) is 2.91. The molecule has 0 amide bonds. The third-order valence-corrected chi connectivity index (χ3v) is 2.91. The highest BCUT2D eigenvalue weighted by molar-refractivity contribution is 5.90. The summed E-state index contributed by atoms with van der Waals surface area (Å²) in [6, 6.07) is 13.4. The first-order chi connectivity index (χ1) is 10.3. The summed E-state index contributed by atoms with van der Waals surface area (Å²) >= 11 is 0. The number of benzene rings is 2. The van der Waals surface area contributed by atoms with Gasteiger partial charge in [-0.05, 0) is 56.7 Å². The van der Waals surface area contributed by atoms with E-state index in [2.05, 4.69) is 5.32 Å². The number of nitrogens with one attached hydrogen (secondary N) is 1. The van der Waals surface area contributed by atoms with E-state index in [0.717, 1.165) is 11.3 Å². The lowest BCUT2D eigenvalue weighted by molar-refractivity contribution is 0.00696. The molecule has 0 fully saturated rings. The summed E-state index contributed by atoms with van der Waals surface area (Å²) in [5.74, 6) is -0.603. The fourth-order valence-corrected chi connectivity index (χ4v) is 1.90. The van der Waals surface area contributed by atoms with Crippen molar-refractivity contribution in [3.05, 3.63) is 65.5 Å². The van der Waals surface area contributed by atoms with E-state index >= 15 is 0 Å². The standard InChI is InChI=1S/C18H20FNO2/c1-18(2,3)22-17(21)14-5-4-6-16(11-14)20-12-13-7-9-15(19)10-8-13/h4-11,20H,12H2,1-3H3. The Bertz CT molecular complexity index is 645.